The van der Waals surface area contributed by atoms with Gasteiger partial charge in [0.15, 0.2) is 0 Å². The van der Waals surface area contributed by atoms with Gasteiger partial charge in [-0.3, -0.25) is 4.79 Å². The monoisotopic (exact) mass is 245 g/mol. The molecule has 0 aliphatic rings. The molecule has 0 heterocycles. The largest absolute Gasteiger partial charge is 0.480 e. The van der Waals surface area contributed by atoms with Gasteiger partial charge in [-0.15, -0.1) is 0 Å². The second kappa shape index (κ2) is 6.07. The van der Waals surface area contributed by atoms with Gasteiger partial charge in [0.1, 0.15) is 12.1 Å². The molecule has 7 nitrogen and oxygen atoms in total. The van der Waals surface area contributed by atoms with Crippen LogP contribution < -0.4 is 11.1 Å². The number of nitrogens with two attached hydrogens (primary N) is 1. The smallest absolute Gasteiger partial charge is 0.326 e. The second-order valence-electron chi connectivity index (χ2n) is 4.19. The van der Waals surface area contributed by atoms with Crippen LogP contribution in [0.25, 0.3) is 0 Å². The fourth-order valence-corrected chi connectivity index (χ4v) is 1.24. The predicted molar refractivity (Wildman–Crippen MR) is 61.2 cm³/mol. The van der Waals surface area contributed by atoms with E-state index in [-0.39, 0.29) is 5.92 Å². The molecule has 0 bridgehead atoms. The lowest BCUT2D eigenvalue weighted by atomic mass is 10.0. The number of carboxylic acid groups (broad SMARTS) is 1. The van der Waals surface area contributed by atoms with Crippen molar-refractivity contribution in [1.29, 1.82) is 0 Å². The Balaban J connectivity index is 4.83. The molecule has 7 heteroatoms. The number of nitrogens with zero attached hydrogens (tertiary/aromatic N) is 1. The third-order valence-electron chi connectivity index (χ3n) is 2.52. The molecule has 0 saturated carbocycles. The molecule has 3 amide bonds. The van der Waals surface area contributed by atoms with E-state index in [4.69, 9.17) is 10.8 Å². The highest BCUT2D eigenvalue weighted by Crippen LogP contribution is 2.07. The maximum absolute atomic E-state index is 12.0. The highest BCUT2D eigenvalue weighted by atomic mass is 16.4. The van der Waals surface area contributed by atoms with Crippen molar-refractivity contribution >= 4 is 17.9 Å². The number of hydrogen-bond donors (Lipinski definition) is 3. The lowest BCUT2D eigenvalue weighted by molar-refractivity contribution is -0.149. The van der Waals surface area contributed by atoms with Crippen LogP contribution in [-0.2, 0) is 9.59 Å². The summed E-state index contributed by atoms with van der Waals surface area (Å²) in [4.78, 5) is 34.6. The summed E-state index contributed by atoms with van der Waals surface area (Å²) in [5.41, 5.74) is 4.97. The van der Waals surface area contributed by atoms with Gasteiger partial charge in [-0.1, -0.05) is 13.8 Å². The average molecular weight is 245 g/mol. The first-order chi connectivity index (χ1) is 7.68. The summed E-state index contributed by atoms with van der Waals surface area (Å²) in [5.74, 6) is -1.77. The van der Waals surface area contributed by atoms with Crippen molar-refractivity contribution in [2.24, 2.45) is 11.7 Å². The molecule has 0 aromatic carbocycles. The van der Waals surface area contributed by atoms with Gasteiger partial charge in [0.2, 0.25) is 5.91 Å². The van der Waals surface area contributed by atoms with E-state index >= 15 is 0 Å². The van der Waals surface area contributed by atoms with Crippen LogP contribution in [0.3, 0.4) is 0 Å². The number of rotatable bonds is 5. The second-order valence-corrected chi connectivity index (χ2v) is 4.19. The highest BCUT2D eigenvalue weighted by Gasteiger charge is 2.30. The van der Waals surface area contributed by atoms with Crippen molar-refractivity contribution in [3.8, 4) is 0 Å². The number of amides is 3. The summed E-state index contributed by atoms with van der Waals surface area (Å²) in [6, 6.07) is -2.59. The van der Waals surface area contributed by atoms with Crippen LogP contribution in [0.5, 0.6) is 0 Å². The molecule has 0 aliphatic carbocycles. The molecule has 0 aromatic rings. The van der Waals surface area contributed by atoms with Crippen LogP contribution in [0.4, 0.5) is 4.79 Å². The first-order valence-corrected chi connectivity index (χ1v) is 5.24. The third-order valence-corrected chi connectivity index (χ3v) is 2.52. The van der Waals surface area contributed by atoms with Crippen molar-refractivity contribution in [3.05, 3.63) is 0 Å². The molecule has 0 spiro atoms. The van der Waals surface area contributed by atoms with Gasteiger partial charge >= 0.3 is 12.0 Å². The Hall–Kier alpha value is -1.79. The van der Waals surface area contributed by atoms with E-state index in [9.17, 15) is 14.4 Å². The zero-order valence-corrected chi connectivity index (χ0v) is 10.4. The Kier molecular flexibility index (Phi) is 5.43. The van der Waals surface area contributed by atoms with E-state index in [1.54, 1.807) is 13.8 Å². The summed E-state index contributed by atoms with van der Waals surface area (Å²) in [6.45, 7) is 4.86. The molecule has 0 aliphatic heterocycles. The van der Waals surface area contributed by atoms with E-state index in [1.807, 2.05) is 0 Å². The summed E-state index contributed by atoms with van der Waals surface area (Å²) in [6.07, 6.45) is 0. The number of carbonyl (C=O) groups is 3. The molecule has 2 atom stereocenters. The average Bonchev–Trinajstić information content (AvgIpc) is 2.21. The normalized spacial score (nSPS) is 13.9. The number of hydrogen-bond acceptors (Lipinski definition) is 3. The van der Waals surface area contributed by atoms with Gasteiger partial charge in [0.05, 0.1) is 0 Å². The Bertz CT molecular complexity index is 317. The molecule has 98 valence electrons. The van der Waals surface area contributed by atoms with Gasteiger partial charge in [-0.25, -0.2) is 9.59 Å². The number of likely N-dealkylation sites (N-methyl/N-ethyl adjacent to an activating group) is 1. The molecule has 0 rings (SSSR count). The Morgan fingerprint density at radius 1 is 1.24 bits per heavy atom. The van der Waals surface area contributed by atoms with Crippen molar-refractivity contribution in [1.82, 2.24) is 10.2 Å². The minimum Gasteiger partial charge on any atom is -0.480 e. The van der Waals surface area contributed by atoms with Crippen LogP contribution in [0.15, 0.2) is 0 Å². The van der Waals surface area contributed by atoms with Crippen LogP contribution in [-0.4, -0.2) is 47.0 Å². The Labute approximate surface area is 100.0 Å². The summed E-state index contributed by atoms with van der Waals surface area (Å²) >= 11 is 0. The minimum absolute atomic E-state index is 0.182. The van der Waals surface area contributed by atoms with E-state index in [2.05, 4.69) is 5.32 Å². The molecule has 17 heavy (non-hydrogen) atoms. The third kappa shape index (κ3) is 4.29. The molecule has 0 fully saturated rings. The number of aliphatic carboxylic acids is 1. The SMILES string of the molecule is CC(C)C(NC(N)=O)C(=O)N(C)C(C)C(=O)O. The van der Waals surface area contributed by atoms with Crippen LogP contribution in [0.2, 0.25) is 0 Å². The first-order valence-electron chi connectivity index (χ1n) is 5.24. The van der Waals surface area contributed by atoms with E-state index in [0.29, 0.717) is 0 Å². The maximum atomic E-state index is 12.0. The lowest BCUT2D eigenvalue weighted by Gasteiger charge is -2.28. The molecule has 0 aromatic heterocycles. The van der Waals surface area contributed by atoms with E-state index in [0.717, 1.165) is 4.90 Å². The maximum Gasteiger partial charge on any atom is 0.326 e. The lowest BCUT2D eigenvalue weighted by Crippen LogP contribution is -2.54. The highest BCUT2D eigenvalue weighted by molar-refractivity contribution is 5.89. The molecular weight excluding hydrogens is 226 g/mol. The molecule has 0 radical (unpaired) electrons. The topological polar surface area (TPSA) is 113 Å². The first kappa shape index (κ1) is 15.2. The van der Waals surface area contributed by atoms with E-state index in [1.165, 1.54) is 14.0 Å². The van der Waals surface area contributed by atoms with Gasteiger partial charge in [-0.2, -0.15) is 0 Å². The number of carboxylic acids is 1. The van der Waals surface area contributed by atoms with Crippen LogP contribution >= 0.6 is 0 Å². The van der Waals surface area contributed by atoms with Gasteiger partial charge < -0.3 is 21.1 Å². The standard InChI is InChI=1S/C10H19N3O4/c1-5(2)7(12-10(11)17)8(14)13(4)6(3)9(15)16/h5-7H,1-4H3,(H,15,16)(H3,11,12,17). The van der Waals surface area contributed by atoms with Crippen molar-refractivity contribution < 1.29 is 19.5 Å². The Morgan fingerprint density at radius 3 is 2.00 bits per heavy atom. The van der Waals surface area contributed by atoms with Crippen molar-refractivity contribution in [2.75, 3.05) is 7.05 Å². The quantitative estimate of drug-likeness (QED) is 0.612. The summed E-state index contributed by atoms with van der Waals surface area (Å²) < 4.78 is 0. The van der Waals surface area contributed by atoms with Gasteiger partial charge in [0, 0.05) is 7.05 Å². The fraction of sp³-hybridized carbons (Fsp3) is 0.700. The van der Waals surface area contributed by atoms with E-state index < -0.39 is 30.0 Å². The van der Waals surface area contributed by atoms with Gasteiger partial charge in [-0.05, 0) is 12.8 Å². The zero-order valence-electron chi connectivity index (χ0n) is 10.4. The van der Waals surface area contributed by atoms with Crippen LogP contribution in [0, 0.1) is 5.92 Å². The summed E-state index contributed by atoms with van der Waals surface area (Å²) in [7, 11) is 1.37. The Morgan fingerprint density at radius 2 is 1.71 bits per heavy atom. The molecule has 4 N–H and O–H groups in total. The predicted octanol–water partition coefficient (Wildman–Crippen LogP) is -0.389. The van der Waals surface area contributed by atoms with Crippen molar-refractivity contribution in [2.45, 2.75) is 32.9 Å². The molecule has 2 unspecified atom stereocenters. The van der Waals surface area contributed by atoms with Gasteiger partial charge in [0.25, 0.3) is 0 Å². The summed E-state index contributed by atoms with van der Waals surface area (Å²) in [5, 5.41) is 11.1. The van der Waals surface area contributed by atoms with Crippen molar-refractivity contribution in [3.63, 3.8) is 0 Å². The fourth-order valence-electron chi connectivity index (χ4n) is 1.24. The minimum atomic E-state index is -1.11. The number of carbonyl (C=O) groups excluding carboxylic acids is 2. The number of urea groups is 1. The zero-order chi connectivity index (χ0) is 13.7. The molecular formula is C10H19N3O4. The molecule has 0 saturated heterocycles. The number of nitrogens with one attached hydrogen (secondary N) is 1. The number of primary amides is 1. The van der Waals surface area contributed by atoms with Crippen LogP contribution in [0.1, 0.15) is 20.8 Å².